The Morgan fingerprint density at radius 3 is 2.42 bits per heavy atom. The number of benzene rings is 1. The van der Waals surface area contributed by atoms with Gasteiger partial charge in [0.25, 0.3) is 0 Å². The molecule has 1 saturated carbocycles. The normalized spacial score (nSPS) is 24.1. The van der Waals surface area contributed by atoms with Crippen molar-refractivity contribution >= 4 is 5.91 Å². The zero-order chi connectivity index (χ0) is 16.7. The predicted molar refractivity (Wildman–Crippen MR) is 82.1 cm³/mol. The molecule has 1 aromatic carbocycles. The number of pyridine rings is 1. The van der Waals surface area contributed by atoms with Gasteiger partial charge in [0.2, 0.25) is 5.91 Å². The summed E-state index contributed by atoms with van der Waals surface area (Å²) in [5.74, 6) is -1.57. The van der Waals surface area contributed by atoms with Gasteiger partial charge in [-0.2, -0.15) is 0 Å². The van der Waals surface area contributed by atoms with Crippen LogP contribution in [0.25, 0.3) is 0 Å². The summed E-state index contributed by atoms with van der Waals surface area (Å²) in [7, 11) is 0. The summed E-state index contributed by atoms with van der Waals surface area (Å²) >= 11 is 0. The van der Waals surface area contributed by atoms with Crippen molar-refractivity contribution < 1.29 is 18.3 Å². The van der Waals surface area contributed by atoms with Crippen molar-refractivity contribution in [3.8, 4) is 0 Å². The standard InChI is InChI=1S/C18H16F2N2O2/c19-14-2-1-3-15(20)16(14)18(9-24-10-18)22-17(23)13-8-12(13)11-4-6-21-7-5-11/h1-7,12-13H,8-10H2,(H,22,23)/t12-,13+/m1/s1. The number of amides is 1. The first kappa shape index (κ1) is 15.2. The highest BCUT2D eigenvalue weighted by molar-refractivity contribution is 5.84. The molecule has 24 heavy (non-hydrogen) atoms. The van der Waals surface area contributed by atoms with E-state index in [4.69, 9.17) is 4.74 Å². The number of halogens is 2. The molecule has 1 saturated heterocycles. The van der Waals surface area contributed by atoms with Crippen molar-refractivity contribution in [1.82, 2.24) is 10.3 Å². The van der Waals surface area contributed by atoms with Crippen LogP contribution in [0.3, 0.4) is 0 Å². The molecule has 1 aliphatic carbocycles. The molecule has 4 rings (SSSR count). The van der Waals surface area contributed by atoms with Gasteiger partial charge in [0.15, 0.2) is 0 Å². The van der Waals surface area contributed by atoms with E-state index < -0.39 is 17.2 Å². The van der Waals surface area contributed by atoms with Crippen LogP contribution in [0.4, 0.5) is 8.78 Å². The lowest BCUT2D eigenvalue weighted by atomic mass is 9.86. The number of aromatic nitrogens is 1. The van der Waals surface area contributed by atoms with Gasteiger partial charge >= 0.3 is 0 Å². The Labute approximate surface area is 137 Å². The maximum atomic E-state index is 14.1. The molecule has 2 atom stereocenters. The summed E-state index contributed by atoms with van der Waals surface area (Å²) in [4.78, 5) is 16.5. The summed E-state index contributed by atoms with van der Waals surface area (Å²) in [6, 6.07) is 7.47. The van der Waals surface area contributed by atoms with E-state index in [1.165, 1.54) is 18.2 Å². The third kappa shape index (κ3) is 2.47. The van der Waals surface area contributed by atoms with Crippen LogP contribution in [0.5, 0.6) is 0 Å². The Hall–Kier alpha value is -2.34. The fourth-order valence-electron chi connectivity index (χ4n) is 3.33. The molecule has 6 heteroatoms. The van der Waals surface area contributed by atoms with E-state index >= 15 is 0 Å². The van der Waals surface area contributed by atoms with Crippen molar-refractivity contribution in [1.29, 1.82) is 0 Å². The van der Waals surface area contributed by atoms with Gasteiger partial charge in [-0.3, -0.25) is 9.78 Å². The van der Waals surface area contributed by atoms with Crippen LogP contribution < -0.4 is 5.32 Å². The number of nitrogens with one attached hydrogen (secondary N) is 1. The first-order valence-corrected chi connectivity index (χ1v) is 7.85. The van der Waals surface area contributed by atoms with Crippen molar-refractivity contribution in [2.75, 3.05) is 13.2 Å². The molecule has 0 spiro atoms. The predicted octanol–water partition coefficient (Wildman–Crippen LogP) is 2.51. The average Bonchev–Trinajstić information content (AvgIpc) is 3.33. The SMILES string of the molecule is O=C(NC1(c2c(F)cccc2F)COC1)[C@H]1C[C@@H]1c1ccncc1. The Kier molecular flexibility index (Phi) is 3.57. The largest absolute Gasteiger partial charge is 0.376 e. The van der Waals surface area contributed by atoms with E-state index in [-0.39, 0.29) is 36.5 Å². The third-order valence-corrected chi connectivity index (χ3v) is 4.76. The molecule has 0 radical (unpaired) electrons. The molecule has 1 aliphatic heterocycles. The lowest BCUT2D eigenvalue weighted by Crippen LogP contribution is -2.60. The minimum absolute atomic E-state index is 0.0727. The molecule has 2 aliphatic rings. The maximum Gasteiger partial charge on any atom is 0.224 e. The molecule has 0 unspecified atom stereocenters. The van der Waals surface area contributed by atoms with Crippen LogP contribution in [0, 0.1) is 17.6 Å². The van der Waals surface area contributed by atoms with Gasteiger partial charge in [0.05, 0.1) is 18.8 Å². The van der Waals surface area contributed by atoms with Crippen LogP contribution in [0.15, 0.2) is 42.7 Å². The molecular formula is C18H16F2N2O2. The molecular weight excluding hydrogens is 314 g/mol. The van der Waals surface area contributed by atoms with Gasteiger partial charge in [-0.15, -0.1) is 0 Å². The van der Waals surface area contributed by atoms with E-state index in [1.54, 1.807) is 12.4 Å². The van der Waals surface area contributed by atoms with Crippen molar-refractivity contribution in [3.05, 3.63) is 65.5 Å². The number of carbonyl (C=O) groups is 1. The number of hydrogen-bond donors (Lipinski definition) is 1. The van der Waals surface area contributed by atoms with Gasteiger partial charge in [-0.05, 0) is 42.2 Å². The Bertz CT molecular complexity index is 758. The van der Waals surface area contributed by atoms with Crippen molar-refractivity contribution in [3.63, 3.8) is 0 Å². The quantitative estimate of drug-likeness (QED) is 0.937. The number of rotatable bonds is 4. The van der Waals surface area contributed by atoms with E-state index in [0.29, 0.717) is 0 Å². The number of nitrogens with zero attached hydrogens (tertiary/aromatic N) is 1. The first-order valence-electron chi connectivity index (χ1n) is 7.85. The molecule has 4 nitrogen and oxygen atoms in total. The topological polar surface area (TPSA) is 51.2 Å². The Morgan fingerprint density at radius 1 is 1.17 bits per heavy atom. The van der Waals surface area contributed by atoms with Gasteiger partial charge in [-0.1, -0.05) is 6.07 Å². The Morgan fingerprint density at radius 2 is 1.83 bits per heavy atom. The lowest BCUT2D eigenvalue weighted by Gasteiger charge is -2.42. The molecule has 1 aromatic heterocycles. The number of carbonyl (C=O) groups excluding carboxylic acids is 1. The average molecular weight is 330 g/mol. The molecule has 2 heterocycles. The number of hydrogen-bond acceptors (Lipinski definition) is 3. The van der Waals surface area contributed by atoms with Crippen molar-refractivity contribution in [2.45, 2.75) is 17.9 Å². The first-order chi connectivity index (χ1) is 11.6. The third-order valence-electron chi connectivity index (χ3n) is 4.76. The summed E-state index contributed by atoms with van der Waals surface area (Å²) in [5, 5.41) is 2.83. The van der Waals surface area contributed by atoms with Gasteiger partial charge in [-0.25, -0.2) is 8.78 Å². The highest BCUT2D eigenvalue weighted by Gasteiger charge is 2.50. The molecule has 1 amide bonds. The van der Waals surface area contributed by atoms with E-state index in [1.807, 2.05) is 12.1 Å². The highest BCUT2D eigenvalue weighted by Crippen LogP contribution is 2.48. The highest BCUT2D eigenvalue weighted by atomic mass is 19.1. The fourth-order valence-corrected chi connectivity index (χ4v) is 3.33. The molecule has 2 fully saturated rings. The van der Waals surface area contributed by atoms with E-state index in [0.717, 1.165) is 12.0 Å². The second-order valence-corrected chi connectivity index (χ2v) is 6.39. The van der Waals surface area contributed by atoms with Crippen LogP contribution in [-0.2, 0) is 15.1 Å². The van der Waals surface area contributed by atoms with Crippen LogP contribution in [-0.4, -0.2) is 24.1 Å². The summed E-state index contributed by atoms with van der Waals surface area (Å²) < 4.78 is 33.4. The van der Waals surface area contributed by atoms with E-state index in [9.17, 15) is 13.6 Å². The zero-order valence-electron chi connectivity index (χ0n) is 12.8. The second kappa shape index (κ2) is 5.63. The minimum atomic E-state index is -1.11. The maximum absolute atomic E-state index is 14.1. The summed E-state index contributed by atoms with van der Waals surface area (Å²) in [6.45, 7) is 0.145. The summed E-state index contributed by atoms with van der Waals surface area (Å²) in [5.41, 5.74) is -0.176. The zero-order valence-corrected chi connectivity index (χ0v) is 12.8. The van der Waals surface area contributed by atoms with Gasteiger partial charge < -0.3 is 10.1 Å². The lowest BCUT2D eigenvalue weighted by molar-refractivity contribution is -0.135. The fraction of sp³-hybridized carbons (Fsp3) is 0.333. The van der Waals surface area contributed by atoms with Crippen LogP contribution in [0.2, 0.25) is 0 Å². The van der Waals surface area contributed by atoms with E-state index in [2.05, 4.69) is 10.3 Å². The summed E-state index contributed by atoms with van der Waals surface area (Å²) in [6.07, 6.45) is 4.11. The van der Waals surface area contributed by atoms with Crippen LogP contribution in [0.1, 0.15) is 23.5 Å². The van der Waals surface area contributed by atoms with Gasteiger partial charge in [0, 0.05) is 18.3 Å². The molecule has 0 bridgehead atoms. The smallest absolute Gasteiger partial charge is 0.224 e. The number of ether oxygens (including phenoxy) is 1. The Balaban J connectivity index is 1.53. The van der Waals surface area contributed by atoms with Gasteiger partial charge in [0.1, 0.15) is 17.2 Å². The second-order valence-electron chi connectivity index (χ2n) is 6.39. The molecule has 2 aromatic rings. The van der Waals surface area contributed by atoms with Crippen LogP contribution >= 0.6 is 0 Å². The molecule has 124 valence electrons. The van der Waals surface area contributed by atoms with Crippen molar-refractivity contribution in [2.24, 2.45) is 5.92 Å². The monoisotopic (exact) mass is 330 g/mol. The minimum Gasteiger partial charge on any atom is -0.376 e. The molecule has 1 N–H and O–H groups in total.